The van der Waals surface area contributed by atoms with Crippen molar-refractivity contribution in [3.63, 3.8) is 0 Å². The summed E-state index contributed by atoms with van der Waals surface area (Å²) in [6.45, 7) is 0.882. The zero-order valence-electron chi connectivity index (χ0n) is 9.99. The van der Waals surface area contributed by atoms with Gasteiger partial charge in [-0.05, 0) is 36.6 Å². The van der Waals surface area contributed by atoms with Gasteiger partial charge >= 0.3 is 0 Å². The zero-order valence-corrected chi connectivity index (χ0v) is 9.99. The van der Waals surface area contributed by atoms with Crippen molar-refractivity contribution in [1.82, 2.24) is 0 Å². The van der Waals surface area contributed by atoms with Gasteiger partial charge in [0.25, 0.3) is 0 Å². The van der Waals surface area contributed by atoms with Crippen molar-refractivity contribution in [2.75, 3.05) is 23.8 Å². The maximum absolute atomic E-state index is 11.3. The molecule has 1 saturated carbocycles. The Balaban J connectivity index is 1.80. The molecule has 1 amide bonds. The fourth-order valence-electron chi connectivity index (χ4n) is 2.34. The first-order valence-electron chi connectivity index (χ1n) is 5.99. The van der Waals surface area contributed by atoms with Crippen molar-refractivity contribution in [3.8, 4) is 0 Å². The molecule has 4 heteroatoms. The van der Waals surface area contributed by atoms with Crippen molar-refractivity contribution in [2.45, 2.75) is 24.8 Å². The number of rotatable bonds is 3. The summed E-state index contributed by atoms with van der Waals surface area (Å²) < 4.78 is 0. The van der Waals surface area contributed by atoms with Gasteiger partial charge in [-0.2, -0.15) is 0 Å². The molecule has 0 aromatic heterocycles. The molecular weight excluding hydrogens is 214 g/mol. The molecule has 1 aromatic rings. The average molecular weight is 231 g/mol. The SMILES string of the molecule is CN(CC1(N)CC1)c1ccc2c(c1)CC(=O)N2. The van der Waals surface area contributed by atoms with Gasteiger partial charge in [0.2, 0.25) is 5.91 Å². The summed E-state index contributed by atoms with van der Waals surface area (Å²) in [5, 5.41) is 2.84. The normalized spacial score (nSPS) is 19.8. The van der Waals surface area contributed by atoms with Gasteiger partial charge in [0, 0.05) is 30.5 Å². The molecule has 1 fully saturated rings. The minimum absolute atomic E-state index is 0.0157. The lowest BCUT2D eigenvalue weighted by molar-refractivity contribution is -0.115. The highest BCUT2D eigenvalue weighted by molar-refractivity contribution is 5.99. The molecule has 3 N–H and O–H groups in total. The van der Waals surface area contributed by atoms with E-state index in [1.165, 1.54) is 0 Å². The van der Waals surface area contributed by atoms with E-state index in [0.717, 1.165) is 36.3 Å². The number of nitrogens with two attached hydrogens (primary N) is 1. The number of nitrogens with one attached hydrogen (secondary N) is 1. The average Bonchev–Trinajstić information content (AvgIpc) is 2.87. The Hall–Kier alpha value is -1.55. The van der Waals surface area contributed by atoms with Gasteiger partial charge in [-0.1, -0.05) is 0 Å². The standard InChI is InChI=1S/C13H17N3O/c1-16(8-13(14)4-5-13)10-2-3-11-9(6-10)7-12(17)15-11/h2-3,6H,4-5,7-8,14H2,1H3,(H,15,17). The Bertz CT molecular complexity index is 480. The summed E-state index contributed by atoms with van der Waals surface area (Å²) >= 11 is 0. The molecule has 3 rings (SSSR count). The molecule has 0 bridgehead atoms. The first kappa shape index (κ1) is 10.6. The molecule has 90 valence electrons. The number of anilines is 2. The van der Waals surface area contributed by atoms with E-state index in [2.05, 4.69) is 23.3 Å². The molecule has 4 nitrogen and oxygen atoms in total. The van der Waals surface area contributed by atoms with Gasteiger partial charge in [-0.25, -0.2) is 0 Å². The summed E-state index contributed by atoms with van der Waals surface area (Å²) in [6.07, 6.45) is 2.72. The van der Waals surface area contributed by atoms with Crippen LogP contribution in [0, 0.1) is 0 Å². The number of likely N-dealkylation sites (N-methyl/N-ethyl adjacent to an activating group) is 1. The van der Waals surface area contributed by atoms with Crippen molar-refractivity contribution < 1.29 is 4.79 Å². The molecule has 1 aliphatic carbocycles. The van der Waals surface area contributed by atoms with E-state index in [4.69, 9.17) is 5.73 Å². The van der Waals surface area contributed by atoms with Crippen LogP contribution in [0.3, 0.4) is 0 Å². The molecule has 0 radical (unpaired) electrons. The highest BCUT2D eigenvalue weighted by atomic mass is 16.1. The van der Waals surface area contributed by atoms with E-state index in [-0.39, 0.29) is 11.4 Å². The van der Waals surface area contributed by atoms with Crippen LogP contribution in [0.4, 0.5) is 11.4 Å². The van der Waals surface area contributed by atoms with Crippen LogP contribution in [0.1, 0.15) is 18.4 Å². The minimum Gasteiger partial charge on any atom is -0.373 e. The van der Waals surface area contributed by atoms with Gasteiger partial charge in [-0.3, -0.25) is 4.79 Å². The van der Waals surface area contributed by atoms with Crippen LogP contribution in [0.2, 0.25) is 0 Å². The first-order valence-corrected chi connectivity index (χ1v) is 5.99. The predicted molar refractivity (Wildman–Crippen MR) is 68.2 cm³/mol. The first-order chi connectivity index (χ1) is 8.06. The largest absolute Gasteiger partial charge is 0.373 e. The summed E-state index contributed by atoms with van der Waals surface area (Å²) in [5.41, 5.74) is 9.29. The topological polar surface area (TPSA) is 58.4 Å². The van der Waals surface area contributed by atoms with Crippen LogP contribution >= 0.6 is 0 Å². The van der Waals surface area contributed by atoms with E-state index in [9.17, 15) is 4.79 Å². The smallest absolute Gasteiger partial charge is 0.228 e. The Morgan fingerprint density at radius 2 is 2.24 bits per heavy atom. The van der Waals surface area contributed by atoms with E-state index in [1.54, 1.807) is 0 Å². The second-order valence-corrected chi connectivity index (χ2v) is 5.28. The van der Waals surface area contributed by atoms with Gasteiger partial charge in [-0.15, -0.1) is 0 Å². The molecule has 1 aromatic carbocycles. The van der Waals surface area contributed by atoms with Crippen LogP contribution in [0.5, 0.6) is 0 Å². The van der Waals surface area contributed by atoms with Crippen molar-refractivity contribution in [2.24, 2.45) is 5.73 Å². The monoisotopic (exact) mass is 231 g/mol. The van der Waals surface area contributed by atoms with E-state index in [0.29, 0.717) is 6.42 Å². The zero-order chi connectivity index (χ0) is 12.0. The van der Waals surface area contributed by atoms with Crippen LogP contribution in [-0.2, 0) is 11.2 Å². The fourth-order valence-corrected chi connectivity index (χ4v) is 2.34. The number of nitrogens with zero attached hydrogens (tertiary/aromatic N) is 1. The second-order valence-electron chi connectivity index (χ2n) is 5.28. The Morgan fingerprint density at radius 1 is 1.47 bits per heavy atom. The molecule has 17 heavy (non-hydrogen) atoms. The van der Waals surface area contributed by atoms with E-state index < -0.39 is 0 Å². The van der Waals surface area contributed by atoms with Gasteiger partial charge in [0.15, 0.2) is 0 Å². The predicted octanol–water partition coefficient (Wildman–Crippen LogP) is 1.11. The van der Waals surface area contributed by atoms with Crippen molar-refractivity contribution in [3.05, 3.63) is 23.8 Å². The molecule has 0 atom stereocenters. The van der Waals surface area contributed by atoms with Crippen LogP contribution in [-0.4, -0.2) is 25.0 Å². The lowest BCUT2D eigenvalue weighted by Gasteiger charge is -2.23. The second kappa shape index (κ2) is 3.47. The number of amides is 1. The van der Waals surface area contributed by atoms with Crippen LogP contribution in [0.15, 0.2) is 18.2 Å². The number of carbonyl (C=O) groups excluding carboxylic acids is 1. The molecule has 1 aliphatic heterocycles. The fraction of sp³-hybridized carbons (Fsp3) is 0.462. The highest BCUT2D eigenvalue weighted by Gasteiger charge is 2.39. The summed E-state index contributed by atoms with van der Waals surface area (Å²) in [5.74, 6) is 0.0808. The van der Waals surface area contributed by atoms with Crippen LogP contribution in [0.25, 0.3) is 0 Å². The maximum atomic E-state index is 11.3. The van der Waals surface area contributed by atoms with Crippen LogP contribution < -0.4 is 16.0 Å². The van der Waals surface area contributed by atoms with Crippen molar-refractivity contribution >= 4 is 17.3 Å². The Kier molecular flexibility index (Phi) is 2.16. The maximum Gasteiger partial charge on any atom is 0.228 e. The van der Waals surface area contributed by atoms with E-state index in [1.807, 2.05) is 12.1 Å². The number of benzene rings is 1. The third-order valence-electron chi connectivity index (χ3n) is 3.60. The molecule has 1 heterocycles. The van der Waals surface area contributed by atoms with Gasteiger partial charge in [0.1, 0.15) is 0 Å². The van der Waals surface area contributed by atoms with Gasteiger partial charge < -0.3 is 16.0 Å². The number of hydrogen-bond donors (Lipinski definition) is 2. The van der Waals surface area contributed by atoms with Crippen molar-refractivity contribution in [1.29, 1.82) is 0 Å². The molecule has 2 aliphatic rings. The van der Waals surface area contributed by atoms with Gasteiger partial charge in [0.05, 0.1) is 6.42 Å². The summed E-state index contributed by atoms with van der Waals surface area (Å²) in [6, 6.07) is 6.09. The highest BCUT2D eigenvalue weighted by Crippen LogP contribution is 2.34. The summed E-state index contributed by atoms with van der Waals surface area (Å²) in [7, 11) is 2.05. The minimum atomic E-state index is 0.0157. The lowest BCUT2D eigenvalue weighted by Crippen LogP contribution is -2.37. The number of carbonyl (C=O) groups is 1. The number of hydrogen-bond acceptors (Lipinski definition) is 3. The molecule has 0 spiro atoms. The Labute approximate surface area is 101 Å². The molecular formula is C13H17N3O. The third-order valence-corrected chi connectivity index (χ3v) is 3.60. The van der Waals surface area contributed by atoms with E-state index >= 15 is 0 Å². The summed E-state index contributed by atoms with van der Waals surface area (Å²) in [4.78, 5) is 13.5. The Morgan fingerprint density at radius 3 is 2.94 bits per heavy atom. The third kappa shape index (κ3) is 2.00. The number of fused-ring (bicyclic) bond motifs is 1. The molecule has 0 unspecified atom stereocenters. The molecule has 0 saturated heterocycles. The quantitative estimate of drug-likeness (QED) is 0.819. The lowest BCUT2D eigenvalue weighted by atomic mass is 10.1.